The van der Waals surface area contributed by atoms with E-state index < -0.39 is 0 Å². The Morgan fingerprint density at radius 2 is 2.29 bits per heavy atom. The van der Waals surface area contributed by atoms with E-state index in [1.807, 2.05) is 0 Å². The second-order valence-electron chi connectivity index (χ2n) is 2.84. The third-order valence-electron chi connectivity index (χ3n) is 1.79. The van der Waals surface area contributed by atoms with E-state index in [1.165, 1.54) is 11.3 Å². The standard InChI is InChI=1S/C10H7ClO2S/c11-10-2-1-9(14-10)8(12)5-7-3-4-13-6-7/h1-4,6H,5H2. The minimum atomic E-state index is 0.0725. The highest BCUT2D eigenvalue weighted by molar-refractivity contribution is 7.18. The van der Waals surface area contributed by atoms with Crippen molar-refractivity contribution in [1.82, 2.24) is 0 Å². The van der Waals surface area contributed by atoms with E-state index in [1.54, 1.807) is 30.7 Å². The van der Waals surface area contributed by atoms with Crippen molar-refractivity contribution in [2.45, 2.75) is 6.42 Å². The Morgan fingerprint density at radius 3 is 2.86 bits per heavy atom. The molecule has 2 nitrogen and oxygen atoms in total. The quantitative estimate of drug-likeness (QED) is 0.751. The van der Waals surface area contributed by atoms with Crippen LogP contribution in [0.3, 0.4) is 0 Å². The molecule has 2 rings (SSSR count). The highest BCUT2D eigenvalue weighted by Crippen LogP contribution is 2.22. The summed E-state index contributed by atoms with van der Waals surface area (Å²) in [6.07, 6.45) is 3.50. The maximum Gasteiger partial charge on any atom is 0.177 e. The van der Waals surface area contributed by atoms with Gasteiger partial charge < -0.3 is 4.42 Å². The monoisotopic (exact) mass is 226 g/mol. The molecule has 0 saturated heterocycles. The predicted octanol–water partition coefficient (Wildman–Crippen LogP) is 3.42. The van der Waals surface area contributed by atoms with E-state index >= 15 is 0 Å². The lowest BCUT2D eigenvalue weighted by Gasteiger charge is -1.92. The number of rotatable bonds is 3. The second-order valence-corrected chi connectivity index (χ2v) is 4.55. The zero-order valence-electron chi connectivity index (χ0n) is 7.20. The first-order valence-corrected chi connectivity index (χ1v) is 5.25. The van der Waals surface area contributed by atoms with E-state index in [-0.39, 0.29) is 5.78 Å². The van der Waals surface area contributed by atoms with Crippen LogP contribution in [0.5, 0.6) is 0 Å². The summed E-state index contributed by atoms with van der Waals surface area (Å²) < 4.78 is 5.52. The van der Waals surface area contributed by atoms with Gasteiger partial charge in [-0.15, -0.1) is 11.3 Å². The van der Waals surface area contributed by atoms with Gasteiger partial charge in [-0.2, -0.15) is 0 Å². The Kier molecular flexibility index (Phi) is 2.70. The molecule has 0 bridgehead atoms. The Balaban J connectivity index is 2.10. The zero-order valence-corrected chi connectivity index (χ0v) is 8.77. The van der Waals surface area contributed by atoms with Gasteiger partial charge in [-0.25, -0.2) is 0 Å². The van der Waals surface area contributed by atoms with Crippen LogP contribution >= 0.6 is 22.9 Å². The van der Waals surface area contributed by atoms with Crippen LogP contribution in [0.4, 0.5) is 0 Å². The molecule has 2 heterocycles. The van der Waals surface area contributed by atoms with Crippen LogP contribution in [-0.2, 0) is 6.42 Å². The molecule has 0 N–H and O–H groups in total. The van der Waals surface area contributed by atoms with Gasteiger partial charge in [-0.3, -0.25) is 4.79 Å². The summed E-state index contributed by atoms with van der Waals surface area (Å²) in [5.41, 5.74) is 0.888. The smallest absolute Gasteiger partial charge is 0.177 e. The fourth-order valence-corrected chi connectivity index (χ4v) is 2.11. The maximum absolute atomic E-state index is 11.6. The Hall–Kier alpha value is -1.06. The third-order valence-corrected chi connectivity index (χ3v) is 3.07. The van der Waals surface area contributed by atoms with Crippen molar-refractivity contribution in [2.24, 2.45) is 0 Å². The van der Waals surface area contributed by atoms with Crippen molar-refractivity contribution in [3.63, 3.8) is 0 Å². The summed E-state index contributed by atoms with van der Waals surface area (Å²) in [4.78, 5) is 12.3. The number of ketones is 1. The molecule has 0 unspecified atom stereocenters. The number of carbonyl (C=O) groups excluding carboxylic acids is 1. The van der Waals surface area contributed by atoms with Crippen molar-refractivity contribution in [3.8, 4) is 0 Å². The average Bonchev–Trinajstić information content (AvgIpc) is 2.75. The minimum Gasteiger partial charge on any atom is -0.472 e. The van der Waals surface area contributed by atoms with Crippen molar-refractivity contribution in [2.75, 3.05) is 0 Å². The SMILES string of the molecule is O=C(Cc1ccoc1)c1ccc(Cl)s1. The summed E-state index contributed by atoms with van der Waals surface area (Å²) >= 11 is 7.04. The number of carbonyl (C=O) groups is 1. The van der Waals surface area contributed by atoms with Gasteiger partial charge >= 0.3 is 0 Å². The summed E-state index contributed by atoms with van der Waals surface area (Å²) in [6.45, 7) is 0. The Morgan fingerprint density at radius 1 is 1.43 bits per heavy atom. The lowest BCUT2D eigenvalue weighted by Crippen LogP contribution is -1.99. The van der Waals surface area contributed by atoms with Crippen LogP contribution in [0, 0.1) is 0 Å². The van der Waals surface area contributed by atoms with Gasteiger partial charge in [0.1, 0.15) is 0 Å². The van der Waals surface area contributed by atoms with Crippen molar-refractivity contribution in [1.29, 1.82) is 0 Å². The summed E-state index contributed by atoms with van der Waals surface area (Å²) in [6, 6.07) is 5.26. The highest BCUT2D eigenvalue weighted by atomic mass is 35.5. The van der Waals surface area contributed by atoms with Crippen LogP contribution < -0.4 is 0 Å². The van der Waals surface area contributed by atoms with Crippen LogP contribution in [0.25, 0.3) is 0 Å². The normalized spacial score (nSPS) is 10.4. The topological polar surface area (TPSA) is 30.2 Å². The van der Waals surface area contributed by atoms with E-state index in [4.69, 9.17) is 16.0 Å². The summed E-state index contributed by atoms with van der Waals surface area (Å²) in [5.74, 6) is 0.0725. The molecule has 0 amide bonds. The van der Waals surface area contributed by atoms with Gasteiger partial charge in [0.05, 0.1) is 21.7 Å². The van der Waals surface area contributed by atoms with Crippen molar-refractivity contribution in [3.05, 3.63) is 45.5 Å². The molecule has 2 aromatic heterocycles. The first-order chi connectivity index (χ1) is 6.75. The molecular weight excluding hydrogens is 220 g/mol. The van der Waals surface area contributed by atoms with Gasteiger partial charge in [0.25, 0.3) is 0 Å². The molecule has 0 atom stereocenters. The maximum atomic E-state index is 11.6. The molecular formula is C10H7ClO2S. The van der Waals surface area contributed by atoms with Gasteiger partial charge in [-0.05, 0) is 23.8 Å². The molecule has 0 spiro atoms. The number of Topliss-reactive ketones (excluding diaryl/α,β-unsaturated/α-hetero) is 1. The Labute approximate surface area is 90.1 Å². The first-order valence-electron chi connectivity index (χ1n) is 4.05. The van der Waals surface area contributed by atoms with Gasteiger partial charge in [-0.1, -0.05) is 11.6 Å². The predicted molar refractivity (Wildman–Crippen MR) is 56.1 cm³/mol. The molecule has 0 aromatic carbocycles. The molecule has 4 heteroatoms. The molecule has 0 aliphatic carbocycles. The first kappa shape index (κ1) is 9.49. The van der Waals surface area contributed by atoms with Crippen LogP contribution in [0.2, 0.25) is 4.34 Å². The fourth-order valence-electron chi connectivity index (χ4n) is 1.13. The zero-order chi connectivity index (χ0) is 9.97. The molecule has 0 aliphatic heterocycles. The van der Waals surface area contributed by atoms with Crippen molar-refractivity contribution < 1.29 is 9.21 Å². The molecule has 0 saturated carbocycles. The van der Waals surface area contributed by atoms with E-state index in [2.05, 4.69) is 0 Å². The van der Waals surface area contributed by atoms with E-state index in [0.29, 0.717) is 15.6 Å². The summed E-state index contributed by atoms with van der Waals surface area (Å²) in [5, 5.41) is 0. The second kappa shape index (κ2) is 3.98. The Bertz CT molecular complexity index is 431. The van der Waals surface area contributed by atoms with Gasteiger partial charge in [0.15, 0.2) is 5.78 Å². The lowest BCUT2D eigenvalue weighted by atomic mass is 10.1. The van der Waals surface area contributed by atoms with E-state index in [9.17, 15) is 4.79 Å². The number of furan rings is 1. The number of thiophene rings is 1. The molecule has 0 radical (unpaired) electrons. The number of hydrogen-bond donors (Lipinski definition) is 0. The molecule has 14 heavy (non-hydrogen) atoms. The number of hydrogen-bond acceptors (Lipinski definition) is 3. The van der Waals surface area contributed by atoms with Crippen LogP contribution in [-0.4, -0.2) is 5.78 Å². The molecule has 72 valence electrons. The number of halogens is 1. The average molecular weight is 227 g/mol. The largest absolute Gasteiger partial charge is 0.472 e. The van der Waals surface area contributed by atoms with Crippen molar-refractivity contribution >= 4 is 28.7 Å². The molecule has 0 aliphatic rings. The third kappa shape index (κ3) is 2.05. The van der Waals surface area contributed by atoms with Gasteiger partial charge in [0.2, 0.25) is 0 Å². The van der Waals surface area contributed by atoms with E-state index in [0.717, 1.165) is 5.56 Å². The molecule has 2 aromatic rings. The van der Waals surface area contributed by atoms with Gasteiger partial charge in [0, 0.05) is 6.42 Å². The lowest BCUT2D eigenvalue weighted by molar-refractivity contribution is 0.0996. The fraction of sp³-hybridized carbons (Fsp3) is 0.100. The highest BCUT2D eigenvalue weighted by Gasteiger charge is 2.09. The van der Waals surface area contributed by atoms with Crippen LogP contribution in [0.15, 0.2) is 35.1 Å². The van der Waals surface area contributed by atoms with Crippen LogP contribution in [0.1, 0.15) is 15.2 Å². The summed E-state index contributed by atoms with van der Waals surface area (Å²) in [7, 11) is 0. The minimum absolute atomic E-state index is 0.0725. The molecule has 0 fully saturated rings.